The van der Waals surface area contributed by atoms with Crippen LogP contribution in [0.15, 0.2) is 18.2 Å². The molecule has 0 aliphatic carbocycles. The summed E-state index contributed by atoms with van der Waals surface area (Å²) in [6, 6.07) is 6.58. The van der Waals surface area contributed by atoms with Gasteiger partial charge in [-0.1, -0.05) is 42.3 Å². The molecule has 0 radical (unpaired) electrons. The van der Waals surface area contributed by atoms with Gasteiger partial charge in [0.2, 0.25) is 0 Å². The molecule has 0 spiro atoms. The Balaban J connectivity index is 0.00000200. The summed E-state index contributed by atoms with van der Waals surface area (Å²) in [5.41, 5.74) is 1.14. The van der Waals surface area contributed by atoms with E-state index in [2.05, 4.69) is 23.2 Å². The van der Waals surface area contributed by atoms with Crippen molar-refractivity contribution in [3.63, 3.8) is 0 Å². The molecule has 0 aromatic heterocycles. The maximum Gasteiger partial charge on any atom is 0.0637 e. The highest BCUT2D eigenvalue weighted by molar-refractivity contribution is 6.42. The highest BCUT2D eigenvalue weighted by Gasteiger charge is 2.21. The molecular formula is C15H23Cl3N2. The second kappa shape index (κ2) is 9.11. The Morgan fingerprint density at radius 1 is 1.25 bits per heavy atom. The first-order valence-electron chi connectivity index (χ1n) is 7.10. The zero-order chi connectivity index (χ0) is 13.7. The van der Waals surface area contributed by atoms with Crippen LogP contribution >= 0.6 is 35.6 Å². The summed E-state index contributed by atoms with van der Waals surface area (Å²) < 4.78 is 0. The average Bonchev–Trinajstić information content (AvgIpc) is 2.44. The topological polar surface area (TPSA) is 15.3 Å². The van der Waals surface area contributed by atoms with Crippen LogP contribution in [0.2, 0.25) is 10.0 Å². The molecule has 1 aromatic rings. The fraction of sp³-hybridized carbons (Fsp3) is 0.600. The zero-order valence-electron chi connectivity index (χ0n) is 11.9. The average molecular weight is 338 g/mol. The van der Waals surface area contributed by atoms with E-state index in [1.807, 2.05) is 12.1 Å². The first kappa shape index (κ1) is 18.1. The Morgan fingerprint density at radius 2 is 1.95 bits per heavy atom. The van der Waals surface area contributed by atoms with Gasteiger partial charge < -0.3 is 5.32 Å². The molecule has 1 saturated heterocycles. The lowest BCUT2D eigenvalue weighted by Gasteiger charge is -2.34. The van der Waals surface area contributed by atoms with Crippen molar-refractivity contribution in [3.8, 4) is 0 Å². The second-order valence-electron chi connectivity index (χ2n) is 5.16. The Hall–Kier alpha value is 0.01000. The molecule has 1 aliphatic rings. The van der Waals surface area contributed by atoms with Crippen LogP contribution in [-0.4, -0.2) is 30.6 Å². The van der Waals surface area contributed by atoms with Crippen LogP contribution in [0.5, 0.6) is 0 Å². The minimum absolute atomic E-state index is 0. The van der Waals surface area contributed by atoms with E-state index < -0.39 is 0 Å². The molecule has 0 atom stereocenters. The van der Waals surface area contributed by atoms with Crippen LogP contribution in [0.1, 0.15) is 31.7 Å². The number of rotatable bonds is 5. The molecule has 0 unspecified atom stereocenters. The molecule has 1 aromatic carbocycles. The first-order chi connectivity index (χ1) is 9.22. The van der Waals surface area contributed by atoms with E-state index in [9.17, 15) is 0 Å². The smallest absolute Gasteiger partial charge is 0.0637 e. The fourth-order valence-corrected chi connectivity index (χ4v) is 3.12. The molecule has 1 aliphatic heterocycles. The van der Waals surface area contributed by atoms with Crippen molar-refractivity contribution in [3.05, 3.63) is 33.8 Å². The summed E-state index contributed by atoms with van der Waals surface area (Å²) in [5, 5.41) is 4.78. The van der Waals surface area contributed by atoms with Crippen molar-refractivity contribution in [2.24, 2.45) is 0 Å². The van der Waals surface area contributed by atoms with Gasteiger partial charge in [-0.15, -0.1) is 12.4 Å². The maximum atomic E-state index is 6.31. The van der Waals surface area contributed by atoms with Crippen molar-refractivity contribution in [1.29, 1.82) is 0 Å². The van der Waals surface area contributed by atoms with E-state index in [-0.39, 0.29) is 12.4 Å². The summed E-state index contributed by atoms with van der Waals surface area (Å²) in [6.45, 7) is 6.49. The van der Waals surface area contributed by atoms with Crippen molar-refractivity contribution in [2.75, 3.05) is 19.6 Å². The van der Waals surface area contributed by atoms with Crippen molar-refractivity contribution in [2.45, 2.75) is 38.8 Å². The second-order valence-corrected chi connectivity index (χ2v) is 5.95. The predicted octanol–water partition coefficient (Wildman–Crippen LogP) is 4.38. The van der Waals surface area contributed by atoms with Gasteiger partial charge in [-0.05, 0) is 50.5 Å². The van der Waals surface area contributed by atoms with E-state index in [4.69, 9.17) is 23.2 Å². The van der Waals surface area contributed by atoms with Gasteiger partial charge in [-0.3, -0.25) is 4.90 Å². The van der Waals surface area contributed by atoms with Crippen molar-refractivity contribution >= 4 is 35.6 Å². The molecule has 1 N–H and O–H groups in total. The molecule has 2 rings (SSSR count). The third-order valence-corrected chi connectivity index (χ3v) is 4.60. The third-order valence-electron chi connectivity index (χ3n) is 3.74. The zero-order valence-corrected chi connectivity index (χ0v) is 14.2. The van der Waals surface area contributed by atoms with E-state index in [0.717, 1.165) is 31.7 Å². The predicted molar refractivity (Wildman–Crippen MR) is 90.3 cm³/mol. The van der Waals surface area contributed by atoms with Gasteiger partial charge >= 0.3 is 0 Å². The Bertz CT molecular complexity index is 406. The van der Waals surface area contributed by atoms with Crippen LogP contribution in [0, 0.1) is 0 Å². The summed E-state index contributed by atoms with van der Waals surface area (Å²) in [4.78, 5) is 2.55. The lowest BCUT2D eigenvalue weighted by molar-refractivity contribution is 0.154. The molecule has 0 amide bonds. The van der Waals surface area contributed by atoms with Gasteiger partial charge in [-0.25, -0.2) is 0 Å². The normalized spacial score (nSPS) is 16.2. The number of halogens is 3. The summed E-state index contributed by atoms with van der Waals surface area (Å²) >= 11 is 12.4. The molecule has 2 nitrogen and oxygen atoms in total. The van der Waals surface area contributed by atoms with Gasteiger partial charge in [0.25, 0.3) is 0 Å². The Morgan fingerprint density at radius 3 is 2.60 bits per heavy atom. The van der Waals surface area contributed by atoms with Crippen LogP contribution < -0.4 is 5.32 Å². The molecule has 1 fully saturated rings. The van der Waals surface area contributed by atoms with Gasteiger partial charge in [-0.2, -0.15) is 0 Å². The molecule has 0 saturated carbocycles. The quantitative estimate of drug-likeness (QED) is 0.858. The fourth-order valence-electron chi connectivity index (χ4n) is 2.74. The highest BCUT2D eigenvalue weighted by Crippen LogP contribution is 2.27. The summed E-state index contributed by atoms with van der Waals surface area (Å²) in [5.74, 6) is 0. The standard InChI is InChI=1S/C15H22Cl2N2.ClH/c1-2-10-19(13-6-8-18-9-7-13)11-12-4-3-5-14(16)15(12)17;/h3-5,13,18H,2,6-11H2,1H3;1H. The minimum atomic E-state index is 0. The van der Waals surface area contributed by atoms with E-state index in [1.54, 1.807) is 0 Å². The molecule has 114 valence electrons. The van der Waals surface area contributed by atoms with E-state index in [0.29, 0.717) is 16.1 Å². The number of piperidine rings is 1. The van der Waals surface area contributed by atoms with Crippen LogP contribution in [0.3, 0.4) is 0 Å². The molecular weight excluding hydrogens is 315 g/mol. The molecule has 5 heteroatoms. The van der Waals surface area contributed by atoms with E-state index in [1.165, 1.54) is 19.3 Å². The maximum absolute atomic E-state index is 6.31. The third kappa shape index (κ3) is 4.78. The summed E-state index contributed by atoms with van der Waals surface area (Å²) in [7, 11) is 0. The highest BCUT2D eigenvalue weighted by atomic mass is 35.5. The van der Waals surface area contributed by atoms with Crippen LogP contribution in [0.25, 0.3) is 0 Å². The Kier molecular flexibility index (Phi) is 8.23. The van der Waals surface area contributed by atoms with Crippen LogP contribution in [0.4, 0.5) is 0 Å². The van der Waals surface area contributed by atoms with Crippen LogP contribution in [-0.2, 0) is 6.54 Å². The molecule has 1 heterocycles. The van der Waals surface area contributed by atoms with Gasteiger partial charge in [0.15, 0.2) is 0 Å². The minimum Gasteiger partial charge on any atom is -0.317 e. The molecule has 20 heavy (non-hydrogen) atoms. The summed E-state index contributed by atoms with van der Waals surface area (Å²) in [6.07, 6.45) is 3.61. The number of hydrogen-bond acceptors (Lipinski definition) is 2. The van der Waals surface area contributed by atoms with Gasteiger partial charge in [0.05, 0.1) is 10.0 Å². The number of hydrogen-bond donors (Lipinski definition) is 1. The number of nitrogens with zero attached hydrogens (tertiary/aromatic N) is 1. The lowest BCUT2D eigenvalue weighted by Crippen LogP contribution is -2.43. The van der Waals surface area contributed by atoms with Gasteiger partial charge in [0.1, 0.15) is 0 Å². The van der Waals surface area contributed by atoms with E-state index >= 15 is 0 Å². The Labute approximate surface area is 138 Å². The largest absolute Gasteiger partial charge is 0.317 e. The van der Waals surface area contributed by atoms with Crippen molar-refractivity contribution in [1.82, 2.24) is 10.2 Å². The first-order valence-corrected chi connectivity index (χ1v) is 7.85. The monoisotopic (exact) mass is 336 g/mol. The molecule has 0 bridgehead atoms. The van der Waals surface area contributed by atoms with Gasteiger partial charge in [0, 0.05) is 12.6 Å². The number of benzene rings is 1. The lowest BCUT2D eigenvalue weighted by atomic mass is 10.0. The number of nitrogens with one attached hydrogen (secondary N) is 1. The van der Waals surface area contributed by atoms with Crippen molar-refractivity contribution < 1.29 is 0 Å². The SMILES string of the molecule is CCCN(Cc1cccc(Cl)c1Cl)C1CCNCC1.Cl.